The molecule has 0 aliphatic carbocycles. The van der Waals surface area contributed by atoms with Crippen LogP contribution in [0.5, 0.6) is 0 Å². The number of urea groups is 1. The first-order valence-electron chi connectivity index (χ1n) is 7.80. The minimum Gasteiger partial charge on any atom is -0.378 e. The Labute approximate surface area is 126 Å². The number of aromatic nitrogens is 2. The molecule has 1 aliphatic rings. The first-order valence-corrected chi connectivity index (χ1v) is 7.80. The van der Waals surface area contributed by atoms with Gasteiger partial charge in [0.05, 0.1) is 18.0 Å². The van der Waals surface area contributed by atoms with E-state index in [1.807, 2.05) is 7.05 Å². The zero-order chi connectivity index (χ0) is 15.2. The molecule has 118 valence electrons. The van der Waals surface area contributed by atoms with Crippen molar-refractivity contribution < 1.29 is 9.53 Å². The summed E-state index contributed by atoms with van der Waals surface area (Å²) in [7, 11) is 1.82. The van der Waals surface area contributed by atoms with E-state index in [0.29, 0.717) is 11.6 Å². The minimum atomic E-state index is -0.168. The molecule has 2 rings (SSSR count). The molecule has 6 nitrogen and oxygen atoms in total. The molecule has 1 aliphatic heterocycles. The third kappa shape index (κ3) is 4.46. The van der Waals surface area contributed by atoms with Crippen molar-refractivity contribution >= 4 is 11.7 Å². The summed E-state index contributed by atoms with van der Waals surface area (Å²) >= 11 is 0. The summed E-state index contributed by atoms with van der Waals surface area (Å²) in [6.07, 6.45) is 7.68. The standard InChI is InChI=1S/C15H26N4O2/c1-4-11(5-2)14-8-12(6-7-21-14)17-15(20)18-13-9-16-19(3)10-13/h9-12,14H,4-8H2,1-3H3,(H2,17,18,20)/t12-,14+/m0/s1. The average Bonchev–Trinajstić information content (AvgIpc) is 2.85. The molecule has 0 aromatic carbocycles. The van der Waals surface area contributed by atoms with Gasteiger partial charge < -0.3 is 15.4 Å². The topological polar surface area (TPSA) is 68.2 Å². The molecule has 1 aromatic heterocycles. The Kier molecular flexibility index (Phi) is 5.61. The number of anilines is 1. The molecule has 1 fully saturated rings. The lowest BCUT2D eigenvalue weighted by Crippen LogP contribution is -2.45. The number of nitrogens with zero attached hydrogens (tertiary/aromatic N) is 2. The van der Waals surface area contributed by atoms with Gasteiger partial charge in [-0.05, 0) is 18.8 Å². The van der Waals surface area contributed by atoms with E-state index >= 15 is 0 Å². The molecular weight excluding hydrogens is 268 g/mol. The summed E-state index contributed by atoms with van der Waals surface area (Å²) in [4.78, 5) is 12.0. The number of hydrogen-bond acceptors (Lipinski definition) is 3. The maximum atomic E-state index is 12.0. The lowest BCUT2D eigenvalue weighted by Gasteiger charge is -2.34. The Bertz CT molecular complexity index is 456. The van der Waals surface area contributed by atoms with Crippen molar-refractivity contribution in [2.45, 2.75) is 51.7 Å². The molecule has 0 spiro atoms. The van der Waals surface area contributed by atoms with Crippen LogP contribution in [0.4, 0.5) is 10.5 Å². The molecular formula is C15H26N4O2. The molecule has 1 aromatic rings. The molecule has 2 N–H and O–H groups in total. The van der Waals surface area contributed by atoms with Gasteiger partial charge in [-0.2, -0.15) is 5.10 Å². The summed E-state index contributed by atoms with van der Waals surface area (Å²) in [5.41, 5.74) is 0.707. The van der Waals surface area contributed by atoms with Gasteiger partial charge in [-0.15, -0.1) is 0 Å². The summed E-state index contributed by atoms with van der Waals surface area (Å²) < 4.78 is 7.53. The molecule has 0 bridgehead atoms. The van der Waals surface area contributed by atoms with E-state index in [1.165, 1.54) is 0 Å². The van der Waals surface area contributed by atoms with Crippen LogP contribution >= 0.6 is 0 Å². The molecule has 2 amide bonds. The normalized spacial score (nSPS) is 22.3. The molecule has 2 atom stereocenters. The first-order chi connectivity index (χ1) is 10.1. The van der Waals surface area contributed by atoms with Crippen molar-refractivity contribution in [1.82, 2.24) is 15.1 Å². The van der Waals surface area contributed by atoms with Crippen LogP contribution in [-0.4, -0.2) is 34.6 Å². The van der Waals surface area contributed by atoms with Gasteiger partial charge in [0.1, 0.15) is 0 Å². The molecule has 2 heterocycles. The van der Waals surface area contributed by atoms with Gasteiger partial charge in [0.15, 0.2) is 0 Å². The minimum absolute atomic E-state index is 0.168. The van der Waals surface area contributed by atoms with Crippen LogP contribution in [0.2, 0.25) is 0 Å². The van der Waals surface area contributed by atoms with Crippen LogP contribution in [0, 0.1) is 5.92 Å². The molecule has 21 heavy (non-hydrogen) atoms. The van der Waals surface area contributed by atoms with E-state index in [-0.39, 0.29) is 18.2 Å². The third-order valence-electron chi connectivity index (χ3n) is 4.19. The maximum Gasteiger partial charge on any atom is 0.319 e. The number of ether oxygens (including phenoxy) is 1. The Balaban J connectivity index is 1.83. The van der Waals surface area contributed by atoms with Crippen molar-refractivity contribution in [2.75, 3.05) is 11.9 Å². The molecule has 1 saturated heterocycles. The third-order valence-corrected chi connectivity index (χ3v) is 4.19. The van der Waals surface area contributed by atoms with Crippen LogP contribution in [0.25, 0.3) is 0 Å². The zero-order valence-electron chi connectivity index (χ0n) is 13.1. The van der Waals surface area contributed by atoms with E-state index in [2.05, 4.69) is 29.6 Å². The average molecular weight is 294 g/mol. The monoisotopic (exact) mass is 294 g/mol. The molecule has 0 unspecified atom stereocenters. The highest BCUT2D eigenvalue weighted by molar-refractivity contribution is 5.89. The van der Waals surface area contributed by atoms with Crippen LogP contribution in [0.15, 0.2) is 12.4 Å². The predicted octanol–water partition coefficient (Wildman–Crippen LogP) is 2.53. The number of carbonyl (C=O) groups excluding carboxylic acids is 1. The summed E-state index contributed by atoms with van der Waals surface area (Å²) in [6.45, 7) is 5.12. The highest BCUT2D eigenvalue weighted by atomic mass is 16.5. The van der Waals surface area contributed by atoms with Gasteiger partial charge in [0, 0.05) is 25.9 Å². The Morgan fingerprint density at radius 1 is 1.52 bits per heavy atom. The Hall–Kier alpha value is -1.56. The van der Waals surface area contributed by atoms with E-state index in [4.69, 9.17) is 4.74 Å². The van der Waals surface area contributed by atoms with E-state index in [0.717, 1.165) is 32.3 Å². The number of amides is 2. The summed E-state index contributed by atoms with van der Waals surface area (Å²) in [5.74, 6) is 0.580. The van der Waals surface area contributed by atoms with Crippen molar-refractivity contribution in [2.24, 2.45) is 13.0 Å². The van der Waals surface area contributed by atoms with Crippen LogP contribution < -0.4 is 10.6 Å². The molecule has 0 saturated carbocycles. The first kappa shape index (κ1) is 15.8. The largest absolute Gasteiger partial charge is 0.378 e. The van der Waals surface area contributed by atoms with Crippen molar-refractivity contribution in [3.8, 4) is 0 Å². The highest BCUT2D eigenvalue weighted by Gasteiger charge is 2.28. The number of nitrogens with one attached hydrogen (secondary N) is 2. The predicted molar refractivity (Wildman–Crippen MR) is 82.2 cm³/mol. The highest BCUT2D eigenvalue weighted by Crippen LogP contribution is 2.25. The summed E-state index contributed by atoms with van der Waals surface area (Å²) in [6, 6.07) is 0.0132. The van der Waals surface area contributed by atoms with E-state index < -0.39 is 0 Å². The number of aryl methyl sites for hydroxylation is 1. The van der Waals surface area contributed by atoms with E-state index in [1.54, 1.807) is 17.1 Å². The van der Waals surface area contributed by atoms with Gasteiger partial charge in [0.2, 0.25) is 0 Å². The molecule has 6 heteroatoms. The van der Waals surface area contributed by atoms with Crippen molar-refractivity contribution in [3.63, 3.8) is 0 Å². The van der Waals surface area contributed by atoms with E-state index in [9.17, 15) is 4.79 Å². The van der Waals surface area contributed by atoms with Crippen LogP contribution in [0.3, 0.4) is 0 Å². The number of carbonyl (C=O) groups is 1. The Morgan fingerprint density at radius 2 is 2.29 bits per heavy atom. The zero-order valence-corrected chi connectivity index (χ0v) is 13.1. The summed E-state index contributed by atoms with van der Waals surface area (Å²) in [5, 5.41) is 9.88. The quantitative estimate of drug-likeness (QED) is 0.877. The lowest BCUT2D eigenvalue weighted by molar-refractivity contribution is -0.0329. The number of hydrogen-bond donors (Lipinski definition) is 2. The SMILES string of the molecule is CCC(CC)[C@H]1C[C@@H](NC(=O)Nc2cnn(C)c2)CCO1. The van der Waals surface area contributed by atoms with Gasteiger partial charge >= 0.3 is 6.03 Å². The second-order valence-electron chi connectivity index (χ2n) is 5.71. The Morgan fingerprint density at radius 3 is 2.90 bits per heavy atom. The second kappa shape index (κ2) is 7.45. The fraction of sp³-hybridized carbons (Fsp3) is 0.733. The molecule has 0 radical (unpaired) electrons. The van der Waals surface area contributed by atoms with Crippen LogP contribution in [0.1, 0.15) is 39.5 Å². The van der Waals surface area contributed by atoms with Crippen LogP contribution in [-0.2, 0) is 11.8 Å². The van der Waals surface area contributed by atoms with Gasteiger partial charge in [-0.3, -0.25) is 4.68 Å². The fourth-order valence-corrected chi connectivity index (χ4v) is 2.94. The second-order valence-corrected chi connectivity index (χ2v) is 5.71. The lowest BCUT2D eigenvalue weighted by atomic mass is 9.89. The fourth-order valence-electron chi connectivity index (χ4n) is 2.94. The van der Waals surface area contributed by atoms with Gasteiger partial charge in [-0.25, -0.2) is 4.79 Å². The van der Waals surface area contributed by atoms with Crippen molar-refractivity contribution in [3.05, 3.63) is 12.4 Å². The number of rotatable bonds is 5. The van der Waals surface area contributed by atoms with Gasteiger partial charge in [0.25, 0.3) is 0 Å². The van der Waals surface area contributed by atoms with Crippen molar-refractivity contribution in [1.29, 1.82) is 0 Å². The van der Waals surface area contributed by atoms with Gasteiger partial charge in [-0.1, -0.05) is 26.7 Å². The maximum absolute atomic E-state index is 12.0. The smallest absolute Gasteiger partial charge is 0.319 e.